The Labute approximate surface area is 248 Å². The molecule has 0 bridgehead atoms. The lowest BCUT2D eigenvalue weighted by Gasteiger charge is -2.40. The molecule has 3 heterocycles. The fourth-order valence-electron chi connectivity index (χ4n) is 5.52. The zero-order chi connectivity index (χ0) is 31.3. The van der Waals surface area contributed by atoms with Crippen LogP contribution < -0.4 is 14.2 Å². The van der Waals surface area contributed by atoms with Gasteiger partial charge in [0.15, 0.2) is 35.2 Å². The summed E-state index contributed by atoms with van der Waals surface area (Å²) in [6.45, 7) is 2.90. The van der Waals surface area contributed by atoms with Crippen LogP contribution in [-0.4, -0.2) is 72.1 Å². The summed E-state index contributed by atoms with van der Waals surface area (Å²) in [5.74, 6) is -2.89. The monoisotopic (exact) mass is 610 g/mol. The minimum absolute atomic E-state index is 0.00954. The van der Waals surface area contributed by atoms with Crippen LogP contribution in [0.3, 0.4) is 0 Å². The van der Waals surface area contributed by atoms with Crippen LogP contribution in [0.25, 0.3) is 21.9 Å². The number of cyclic esters (lactones) is 1. The molecule has 2 N–H and O–H groups in total. The Morgan fingerprint density at radius 1 is 0.795 bits per heavy atom. The molecule has 3 aliphatic heterocycles. The average Bonchev–Trinajstić information content (AvgIpc) is 3.58. The molecular formula is C30H26O14. The molecule has 0 radical (unpaired) electrons. The second kappa shape index (κ2) is 11.1. The highest BCUT2D eigenvalue weighted by molar-refractivity contribution is 6.14. The van der Waals surface area contributed by atoms with E-state index in [4.69, 9.17) is 37.9 Å². The van der Waals surface area contributed by atoms with E-state index >= 15 is 0 Å². The summed E-state index contributed by atoms with van der Waals surface area (Å²) in [7, 11) is 0. The van der Waals surface area contributed by atoms with Crippen molar-refractivity contribution in [1.82, 2.24) is 0 Å². The number of rotatable bonds is 6. The van der Waals surface area contributed by atoms with Crippen molar-refractivity contribution in [3.63, 3.8) is 0 Å². The maximum Gasteiger partial charge on any atom is 0.339 e. The topological polar surface area (TPSA) is 183 Å². The molecule has 1 saturated heterocycles. The van der Waals surface area contributed by atoms with Gasteiger partial charge in [0.05, 0.1) is 12.2 Å². The maximum absolute atomic E-state index is 13.2. The molecule has 3 aromatic carbocycles. The molecule has 4 atom stereocenters. The minimum Gasteiger partial charge on any atom is -0.504 e. The SMILES string of the molecule is CC(=O)O[C@H]1[C@H](OC(C)=O)COC(Oc2c3c(c(-c4ccc5c(c4)OCO5)c4cc(O)c(O)cc24)C(=O)OC3)[C@@H]1OC(C)=O. The predicted octanol–water partition coefficient (Wildman–Crippen LogP) is 2.85. The lowest BCUT2D eigenvalue weighted by molar-refractivity contribution is -0.259. The van der Waals surface area contributed by atoms with E-state index < -0.39 is 60.0 Å². The van der Waals surface area contributed by atoms with Crippen molar-refractivity contribution in [3.05, 3.63) is 41.5 Å². The van der Waals surface area contributed by atoms with Crippen molar-refractivity contribution in [2.24, 2.45) is 0 Å². The third-order valence-electron chi connectivity index (χ3n) is 7.21. The van der Waals surface area contributed by atoms with Gasteiger partial charge in [-0.05, 0) is 35.2 Å². The van der Waals surface area contributed by atoms with Crippen LogP contribution in [0.2, 0.25) is 0 Å². The quantitative estimate of drug-likeness (QED) is 0.236. The molecule has 44 heavy (non-hydrogen) atoms. The number of esters is 4. The van der Waals surface area contributed by atoms with Crippen molar-refractivity contribution >= 4 is 34.6 Å². The molecule has 0 saturated carbocycles. The highest BCUT2D eigenvalue weighted by atomic mass is 16.7. The fourth-order valence-corrected chi connectivity index (χ4v) is 5.52. The van der Waals surface area contributed by atoms with Crippen LogP contribution >= 0.6 is 0 Å². The Morgan fingerprint density at radius 3 is 2.16 bits per heavy atom. The van der Waals surface area contributed by atoms with Crippen molar-refractivity contribution in [2.45, 2.75) is 52.0 Å². The van der Waals surface area contributed by atoms with E-state index in [9.17, 15) is 29.4 Å². The molecular weight excluding hydrogens is 584 g/mol. The first-order chi connectivity index (χ1) is 21.0. The van der Waals surface area contributed by atoms with E-state index in [2.05, 4.69) is 0 Å². The Kier molecular flexibility index (Phi) is 7.29. The fraction of sp³-hybridized carbons (Fsp3) is 0.333. The van der Waals surface area contributed by atoms with Crippen LogP contribution in [0, 0.1) is 0 Å². The first-order valence-corrected chi connectivity index (χ1v) is 13.4. The van der Waals surface area contributed by atoms with Gasteiger partial charge in [0, 0.05) is 37.3 Å². The zero-order valence-corrected chi connectivity index (χ0v) is 23.6. The minimum atomic E-state index is -1.45. The van der Waals surface area contributed by atoms with Crippen molar-refractivity contribution in [1.29, 1.82) is 0 Å². The van der Waals surface area contributed by atoms with Gasteiger partial charge in [-0.3, -0.25) is 14.4 Å². The van der Waals surface area contributed by atoms with E-state index in [0.717, 1.165) is 20.8 Å². The summed E-state index contributed by atoms with van der Waals surface area (Å²) in [4.78, 5) is 49.1. The Bertz CT molecular complexity index is 1710. The van der Waals surface area contributed by atoms with Gasteiger partial charge in [-0.15, -0.1) is 0 Å². The van der Waals surface area contributed by atoms with Gasteiger partial charge in [-0.2, -0.15) is 0 Å². The van der Waals surface area contributed by atoms with Gasteiger partial charge in [0.1, 0.15) is 12.4 Å². The first-order valence-electron chi connectivity index (χ1n) is 13.4. The van der Waals surface area contributed by atoms with Gasteiger partial charge in [0.2, 0.25) is 19.2 Å². The van der Waals surface area contributed by atoms with Crippen LogP contribution in [0.15, 0.2) is 30.3 Å². The highest BCUT2D eigenvalue weighted by Crippen LogP contribution is 2.49. The Hall–Kier alpha value is -5.24. The molecule has 3 aromatic rings. The standard InChI is InChI=1S/C30H26O14/c1-12(31)41-23-10-38-30(28(43-14(3)33)27(23)42-13(2)32)44-26-17-8-20(35)19(34)7-16(17)24(25-18(26)9-37-29(25)36)15-4-5-21-22(6-15)40-11-39-21/h4-8,23,27-28,30,34-35H,9-11H2,1-3H3/t23-,27+,28-,30?/m1/s1. The van der Waals surface area contributed by atoms with Gasteiger partial charge in [0.25, 0.3) is 0 Å². The van der Waals surface area contributed by atoms with E-state index in [0.29, 0.717) is 28.0 Å². The van der Waals surface area contributed by atoms with Crippen molar-refractivity contribution in [2.75, 3.05) is 13.4 Å². The number of benzene rings is 3. The molecule has 0 aliphatic carbocycles. The second-order valence-corrected chi connectivity index (χ2v) is 10.2. The number of fused-ring (bicyclic) bond motifs is 3. The van der Waals surface area contributed by atoms with Gasteiger partial charge >= 0.3 is 23.9 Å². The molecule has 1 fully saturated rings. The van der Waals surface area contributed by atoms with Crippen LogP contribution in [-0.2, 0) is 44.7 Å². The largest absolute Gasteiger partial charge is 0.504 e. The first kappa shape index (κ1) is 28.9. The van der Waals surface area contributed by atoms with Crippen LogP contribution in [0.4, 0.5) is 0 Å². The van der Waals surface area contributed by atoms with Gasteiger partial charge < -0.3 is 48.1 Å². The Balaban J connectivity index is 1.51. The molecule has 230 valence electrons. The summed E-state index contributed by atoms with van der Waals surface area (Å²) in [6.07, 6.45) is -5.34. The summed E-state index contributed by atoms with van der Waals surface area (Å²) in [5.41, 5.74) is 1.28. The van der Waals surface area contributed by atoms with Gasteiger partial charge in [-0.1, -0.05) is 6.07 Å². The lowest BCUT2D eigenvalue weighted by atomic mass is 9.89. The molecule has 0 aromatic heterocycles. The third-order valence-corrected chi connectivity index (χ3v) is 7.21. The second-order valence-electron chi connectivity index (χ2n) is 10.2. The lowest BCUT2D eigenvalue weighted by Crippen LogP contribution is -2.59. The molecule has 1 unspecified atom stereocenters. The number of ether oxygens (including phenoxy) is 8. The van der Waals surface area contributed by atoms with Gasteiger partial charge in [-0.25, -0.2) is 4.79 Å². The van der Waals surface area contributed by atoms with E-state index in [1.165, 1.54) is 12.1 Å². The van der Waals surface area contributed by atoms with Crippen molar-refractivity contribution < 1.29 is 67.3 Å². The van der Waals surface area contributed by atoms with E-state index in [-0.39, 0.29) is 42.3 Å². The molecule has 0 amide bonds. The van der Waals surface area contributed by atoms with E-state index in [1.54, 1.807) is 18.2 Å². The van der Waals surface area contributed by atoms with Crippen LogP contribution in [0.5, 0.6) is 28.7 Å². The maximum atomic E-state index is 13.2. The highest BCUT2D eigenvalue weighted by Gasteiger charge is 2.49. The number of hydrogen-bond acceptors (Lipinski definition) is 14. The summed E-state index contributed by atoms with van der Waals surface area (Å²) in [5, 5.41) is 21.6. The summed E-state index contributed by atoms with van der Waals surface area (Å²) in [6, 6.07) is 7.57. The number of carbonyl (C=O) groups is 4. The molecule has 6 rings (SSSR count). The number of carbonyl (C=O) groups excluding carboxylic acids is 4. The smallest absolute Gasteiger partial charge is 0.339 e. The number of aromatic hydroxyl groups is 2. The van der Waals surface area contributed by atoms with Crippen molar-refractivity contribution in [3.8, 4) is 39.9 Å². The number of phenols is 2. The molecule has 3 aliphatic rings. The summed E-state index contributed by atoms with van der Waals surface area (Å²) < 4.78 is 44.6. The molecule has 14 heteroatoms. The van der Waals surface area contributed by atoms with Crippen LogP contribution in [0.1, 0.15) is 36.7 Å². The average molecular weight is 611 g/mol. The zero-order valence-electron chi connectivity index (χ0n) is 23.6. The summed E-state index contributed by atoms with van der Waals surface area (Å²) >= 11 is 0. The third kappa shape index (κ3) is 5.13. The number of hydrogen-bond donors (Lipinski definition) is 2. The normalized spacial score (nSPS) is 21.8. The predicted molar refractivity (Wildman–Crippen MR) is 145 cm³/mol. The molecule has 0 spiro atoms. The van der Waals surface area contributed by atoms with E-state index in [1.807, 2.05) is 0 Å². The molecule has 14 nitrogen and oxygen atoms in total. The Morgan fingerprint density at radius 2 is 1.45 bits per heavy atom. The number of phenolic OH excluding ortho intramolecular Hbond substituents is 2.